The fraction of sp³-hybridized carbons (Fsp3) is 0.417. The molecular weight excluding hydrogens is 266 g/mol. The van der Waals surface area contributed by atoms with Gasteiger partial charge < -0.3 is 11.1 Å². The summed E-state index contributed by atoms with van der Waals surface area (Å²) in [7, 11) is -2.06. The fourth-order valence-electron chi connectivity index (χ4n) is 1.63. The van der Waals surface area contributed by atoms with Crippen LogP contribution in [0.4, 0.5) is 5.69 Å². The first-order valence-corrected chi connectivity index (χ1v) is 7.52. The largest absolute Gasteiger partial charge is 0.399 e. The van der Waals surface area contributed by atoms with Gasteiger partial charge in [-0.25, -0.2) is 8.42 Å². The molecule has 0 aliphatic heterocycles. The molecule has 1 aromatic rings. The molecule has 0 fully saturated rings. The Balaban J connectivity index is 2.86. The summed E-state index contributed by atoms with van der Waals surface area (Å²) in [6.45, 7) is 1.77. The molecule has 3 N–H and O–H groups in total. The van der Waals surface area contributed by atoms with E-state index in [2.05, 4.69) is 5.32 Å². The molecule has 0 aliphatic carbocycles. The lowest BCUT2D eigenvalue weighted by molar-refractivity contribution is -0.120. The standard InChI is InChI=1S/C12H19N3O3S/c1-3-15(8-12(16)14-2)19(17,18)9-10-5-4-6-11(13)7-10/h4-7H,3,8-9,13H2,1-2H3,(H,14,16). The van der Waals surface area contributed by atoms with E-state index in [-0.39, 0.29) is 24.7 Å². The predicted octanol–water partition coefficient (Wildman–Crippen LogP) is 0.167. The van der Waals surface area contributed by atoms with Crippen LogP contribution in [0.5, 0.6) is 0 Å². The van der Waals surface area contributed by atoms with Crippen molar-refractivity contribution in [3.05, 3.63) is 29.8 Å². The first-order chi connectivity index (χ1) is 8.89. The van der Waals surface area contributed by atoms with Gasteiger partial charge in [-0.3, -0.25) is 4.79 Å². The Bertz CT molecular complexity index is 543. The highest BCUT2D eigenvalue weighted by atomic mass is 32.2. The number of likely N-dealkylation sites (N-methyl/N-ethyl adjacent to an activating group) is 2. The number of nitrogens with zero attached hydrogens (tertiary/aromatic N) is 1. The lowest BCUT2D eigenvalue weighted by Crippen LogP contribution is -2.40. The fourth-order valence-corrected chi connectivity index (χ4v) is 3.12. The maximum absolute atomic E-state index is 12.2. The molecule has 0 spiro atoms. The second kappa shape index (κ2) is 6.53. The normalized spacial score (nSPS) is 11.5. The zero-order valence-corrected chi connectivity index (χ0v) is 11.9. The van der Waals surface area contributed by atoms with Crippen LogP contribution in [0.2, 0.25) is 0 Å². The van der Waals surface area contributed by atoms with Crippen LogP contribution in [0.25, 0.3) is 0 Å². The molecule has 1 rings (SSSR count). The van der Waals surface area contributed by atoms with Crippen LogP contribution in [0.1, 0.15) is 12.5 Å². The third-order valence-electron chi connectivity index (χ3n) is 2.65. The van der Waals surface area contributed by atoms with Crippen LogP contribution < -0.4 is 11.1 Å². The Morgan fingerprint density at radius 3 is 2.63 bits per heavy atom. The second-order valence-corrected chi connectivity index (χ2v) is 6.07. The number of anilines is 1. The van der Waals surface area contributed by atoms with Gasteiger partial charge in [0, 0.05) is 19.3 Å². The van der Waals surface area contributed by atoms with Gasteiger partial charge in [0.05, 0.1) is 12.3 Å². The average Bonchev–Trinajstić information content (AvgIpc) is 2.34. The van der Waals surface area contributed by atoms with Gasteiger partial charge in [0.15, 0.2) is 0 Å². The minimum absolute atomic E-state index is 0.164. The van der Waals surface area contributed by atoms with Gasteiger partial charge in [-0.05, 0) is 17.7 Å². The van der Waals surface area contributed by atoms with Crippen molar-refractivity contribution >= 4 is 21.6 Å². The molecule has 0 heterocycles. The van der Waals surface area contributed by atoms with Crippen LogP contribution in [-0.2, 0) is 20.6 Å². The van der Waals surface area contributed by atoms with E-state index in [4.69, 9.17) is 5.73 Å². The molecule has 0 aromatic heterocycles. The Morgan fingerprint density at radius 2 is 2.11 bits per heavy atom. The van der Waals surface area contributed by atoms with Crippen LogP contribution in [-0.4, -0.2) is 38.8 Å². The maximum Gasteiger partial charge on any atom is 0.235 e. The first-order valence-electron chi connectivity index (χ1n) is 5.92. The molecule has 0 saturated carbocycles. The van der Waals surface area contributed by atoms with Gasteiger partial charge in [0.25, 0.3) is 0 Å². The van der Waals surface area contributed by atoms with E-state index < -0.39 is 10.0 Å². The van der Waals surface area contributed by atoms with Crippen LogP contribution >= 0.6 is 0 Å². The van der Waals surface area contributed by atoms with Crippen molar-refractivity contribution in [2.24, 2.45) is 0 Å². The third-order valence-corrected chi connectivity index (χ3v) is 4.52. The summed E-state index contributed by atoms with van der Waals surface area (Å²) in [6, 6.07) is 6.71. The SMILES string of the molecule is CCN(CC(=O)NC)S(=O)(=O)Cc1cccc(N)c1. The number of carbonyl (C=O) groups excluding carboxylic acids is 1. The first kappa shape index (κ1) is 15.5. The number of sulfonamides is 1. The van der Waals surface area contributed by atoms with Crippen molar-refractivity contribution < 1.29 is 13.2 Å². The maximum atomic E-state index is 12.2. The van der Waals surface area contributed by atoms with E-state index in [1.165, 1.54) is 7.05 Å². The predicted molar refractivity (Wildman–Crippen MR) is 74.8 cm³/mol. The molecule has 1 amide bonds. The van der Waals surface area contributed by atoms with Gasteiger partial charge in [0.2, 0.25) is 15.9 Å². The molecule has 0 saturated heterocycles. The van der Waals surface area contributed by atoms with Crippen LogP contribution in [0.3, 0.4) is 0 Å². The number of nitrogens with two attached hydrogens (primary N) is 1. The zero-order valence-electron chi connectivity index (χ0n) is 11.1. The molecule has 106 valence electrons. The number of benzene rings is 1. The Kier molecular flexibility index (Phi) is 5.31. The van der Waals surface area contributed by atoms with Crippen molar-refractivity contribution in [2.75, 3.05) is 25.9 Å². The lowest BCUT2D eigenvalue weighted by atomic mass is 10.2. The molecule has 0 unspecified atom stereocenters. The van der Waals surface area contributed by atoms with Crippen molar-refractivity contribution in [3.63, 3.8) is 0 Å². The molecule has 19 heavy (non-hydrogen) atoms. The minimum Gasteiger partial charge on any atom is -0.399 e. The van der Waals surface area contributed by atoms with Gasteiger partial charge in [0.1, 0.15) is 0 Å². The van der Waals surface area contributed by atoms with E-state index in [0.717, 1.165) is 4.31 Å². The Labute approximate surface area is 113 Å². The molecular formula is C12H19N3O3S. The number of nitrogens with one attached hydrogen (secondary N) is 1. The number of hydrogen-bond acceptors (Lipinski definition) is 4. The van der Waals surface area contributed by atoms with Crippen molar-refractivity contribution in [1.82, 2.24) is 9.62 Å². The molecule has 0 bridgehead atoms. The highest BCUT2D eigenvalue weighted by Gasteiger charge is 2.23. The van der Waals surface area contributed by atoms with Crippen molar-refractivity contribution in [2.45, 2.75) is 12.7 Å². The smallest absolute Gasteiger partial charge is 0.235 e. The number of rotatable bonds is 6. The highest BCUT2D eigenvalue weighted by molar-refractivity contribution is 7.88. The molecule has 1 aromatic carbocycles. The molecule has 7 heteroatoms. The molecule has 6 nitrogen and oxygen atoms in total. The Morgan fingerprint density at radius 1 is 1.42 bits per heavy atom. The third kappa shape index (κ3) is 4.53. The van der Waals surface area contributed by atoms with Gasteiger partial charge in [-0.15, -0.1) is 0 Å². The van der Waals surface area contributed by atoms with E-state index in [9.17, 15) is 13.2 Å². The van der Waals surface area contributed by atoms with E-state index in [0.29, 0.717) is 11.3 Å². The second-order valence-electron chi connectivity index (χ2n) is 4.10. The Hall–Kier alpha value is -1.60. The van der Waals surface area contributed by atoms with Gasteiger partial charge in [-0.1, -0.05) is 19.1 Å². The monoisotopic (exact) mass is 285 g/mol. The number of carbonyl (C=O) groups is 1. The summed E-state index contributed by atoms with van der Waals surface area (Å²) in [5, 5.41) is 2.41. The summed E-state index contributed by atoms with van der Waals surface area (Å²) in [6.07, 6.45) is 0. The van der Waals surface area contributed by atoms with Crippen LogP contribution in [0, 0.1) is 0 Å². The zero-order chi connectivity index (χ0) is 14.5. The van der Waals surface area contributed by atoms with E-state index in [1.807, 2.05) is 0 Å². The summed E-state index contributed by atoms with van der Waals surface area (Å²) in [5.41, 5.74) is 6.74. The highest BCUT2D eigenvalue weighted by Crippen LogP contribution is 2.13. The van der Waals surface area contributed by atoms with Crippen LogP contribution in [0.15, 0.2) is 24.3 Å². The molecule has 0 radical (unpaired) electrons. The summed E-state index contributed by atoms with van der Waals surface area (Å²) in [4.78, 5) is 11.3. The van der Waals surface area contributed by atoms with Gasteiger partial charge in [-0.2, -0.15) is 4.31 Å². The lowest BCUT2D eigenvalue weighted by Gasteiger charge is -2.19. The number of amides is 1. The average molecular weight is 285 g/mol. The summed E-state index contributed by atoms with van der Waals surface area (Å²) in [5.74, 6) is -0.499. The quantitative estimate of drug-likeness (QED) is 0.729. The van der Waals surface area contributed by atoms with E-state index >= 15 is 0 Å². The van der Waals surface area contributed by atoms with Gasteiger partial charge >= 0.3 is 0 Å². The summed E-state index contributed by atoms with van der Waals surface area (Å²) < 4.78 is 25.5. The van der Waals surface area contributed by atoms with E-state index in [1.54, 1.807) is 31.2 Å². The minimum atomic E-state index is -3.53. The number of hydrogen-bond donors (Lipinski definition) is 2. The van der Waals surface area contributed by atoms with Crippen molar-refractivity contribution in [3.8, 4) is 0 Å². The molecule has 0 atom stereocenters. The summed E-state index contributed by atoms with van der Waals surface area (Å²) >= 11 is 0. The van der Waals surface area contributed by atoms with Crippen molar-refractivity contribution in [1.29, 1.82) is 0 Å². The molecule has 0 aliphatic rings. The number of nitrogen functional groups attached to an aromatic ring is 1. The topological polar surface area (TPSA) is 92.5 Å².